The molecule has 0 saturated carbocycles. The molecule has 0 atom stereocenters. The summed E-state index contributed by atoms with van der Waals surface area (Å²) in [5.41, 5.74) is 2.16. The summed E-state index contributed by atoms with van der Waals surface area (Å²) in [4.78, 5) is 12.9. The first-order valence-electron chi connectivity index (χ1n) is 8.05. The lowest BCUT2D eigenvalue weighted by Crippen LogP contribution is -2.30. The van der Waals surface area contributed by atoms with Gasteiger partial charge in [-0.1, -0.05) is 42.5 Å². The second-order valence-corrected chi connectivity index (χ2v) is 6.88. The van der Waals surface area contributed by atoms with Crippen LogP contribution in [0.1, 0.15) is 32.0 Å². The van der Waals surface area contributed by atoms with E-state index < -0.39 is 0 Å². The van der Waals surface area contributed by atoms with E-state index in [2.05, 4.69) is 10.2 Å². The van der Waals surface area contributed by atoms with Crippen LogP contribution in [0.15, 0.2) is 47.4 Å². The minimum atomic E-state index is -0.258. The minimum Gasteiger partial charge on any atom is -0.265 e. The fourth-order valence-corrected chi connectivity index (χ4v) is 2.71. The molecule has 0 aliphatic carbocycles. The fourth-order valence-electron chi connectivity index (χ4n) is 2.71. The van der Waals surface area contributed by atoms with Crippen LogP contribution in [0.3, 0.4) is 0 Å². The van der Waals surface area contributed by atoms with Crippen LogP contribution in [0, 0.1) is 6.92 Å². The lowest BCUT2D eigenvalue weighted by atomic mass is 10.1. The molecule has 0 bridgehead atoms. The molecule has 0 amide bonds. The number of hydrogen-bond donors (Lipinski definition) is 0. The van der Waals surface area contributed by atoms with E-state index in [0.29, 0.717) is 12.1 Å². The third kappa shape index (κ3) is 3.02. The van der Waals surface area contributed by atoms with Gasteiger partial charge in [0.1, 0.15) is 5.52 Å². The van der Waals surface area contributed by atoms with Gasteiger partial charge >= 0.3 is 0 Å². The average Bonchev–Trinajstić information content (AvgIpc) is 2.99. The van der Waals surface area contributed by atoms with Crippen molar-refractivity contribution in [3.05, 3.63) is 64.2 Å². The highest BCUT2D eigenvalue weighted by Gasteiger charge is 2.21. The summed E-state index contributed by atoms with van der Waals surface area (Å²) in [5, 5.41) is 9.65. The van der Waals surface area contributed by atoms with Gasteiger partial charge in [-0.25, -0.2) is 4.68 Å². The van der Waals surface area contributed by atoms with Crippen LogP contribution in [0.2, 0.25) is 0 Å². The summed E-state index contributed by atoms with van der Waals surface area (Å²) in [5.74, 6) is 0. The van der Waals surface area contributed by atoms with E-state index in [9.17, 15) is 4.79 Å². The summed E-state index contributed by atoms with van der Waals surface area (Å²) in [6.45, 7) is 8.45. The van der Waals surface area contributed by atoms with Crippen molar-refractivity contribution >= 4 is 17.0 Å². The predicted octanol–water partition coefficient (Wildman–Crippen LogP) is 3.37. The smallest absolute Gasteiger partial charge is 0.265 e. The Hall–Kier alpha value is -2.69. The SMILES string of the molecule is Cc1nn(C/C=C/c2ccccc2)c(=O)c2c1cnn2C(C)(C)C. The van der Waals surface area contributed by atoms with Gasteiger partial charge in [-0.3, -0.25) is 9.48 Å². The molecule has 1 aromatic carbocycles. The molecule has 0 spiro atoms. The second kappa shape index (κ2) is 6.07. The highest BCUT2D eigenvalue weighted by molar-refractivity contribution is 5.79. The maximum Gasteiger partial charge on any atom is 0.293 e. The number of aryl methyl sites for hydroxylation is 1. The van der Waals surface area contributed by atoms with E-state index in [1.165, 1.54) is 4.68 Å². The monoisotopic (exact) mass is 322 g/mol. The standard InChI is InChI=1S/C19H22N4O/c1-14-16-13-20-23(19(2,3)4)17(16)18(24)22(21-14)12-8-11-15-9-6-5-7-10-15/h5-11,13H,12H2,1-4H3/b11-8+. The minimum absolute atomic E-state index is 0.110. The Kier molecular flexibility index (Phi) is 4.09. The number of rotatable bonds is 3. The Morgan fingerprint density at radius 3 is 2.54 bits per heavy atom. The summed E-state index contributed by atoms with van der Waals surface area (Å²) in [6.07, 6.45) is 5.68. The molecule has 0 radical (unpaired) electrons. The molecular weight excluding hydrogens is 300 g/mol. The first-order valence-corrected chi connectivity index (χ1v) is 8.05. The average molecular weight is 322 g/mol. The molecule has 0 saturated heterocycles. The van der Waals surface area contributed by atoms with Gasteiger partial charge in [0, 0.05) is 5.39 Å². The molecule has 24 heavy (non-hydrogen) atoms. The van der Waals surface area contributed by atoms with E-state index in [4.69, 9.17) is 0 Å². The zero-order valence-corrected chi connectivity index (χ0v) is 14.5. The van der Waals surface area contributed by atoms with Crippen LogP contribution in [-0.2, 0) is 12.1 Å². The molecule has 0 unspecified atom stereocenters. The first-order chi connectivity index (χ1) is 11.4. The number of allylic oxidation sites excluding steroid dienone is 1. The van der Waals surface area contributed by atoms with Gasteiger partial charge in [0.25, 0.3) is 5.56 Å². The number of fused-ring (bicyclic) bond motifs is 1. The van der Waals surface area contributed by atoms with Crippen molar-refractivity contribution in [3.63, 3.8) is 0 Å². The maximum atomic E-state index is 12.9. The van der Waals surface area contributed by atoms with Crippen molar-refractivity contribution < 1.29 is 0 Å². The third-order valence-corrected chi connectivity index (χ3v) is 3.89. The molecule has 0 N–H and O–H groups in total. The Morgan fingerprint density at radius 2 is 1.88 bits per heavy atom. The van der Waals surface area contributed by atoms with Gasteiger partial charge in [0.2, 0.25) is 0 Å². The van der Waals surface area contributed by atoms with Crippen molar-refractivity contribution in [2.45, 2.75) is 39.8 Å². The zero-order chi connectivity index (χ0) is 17.3. The molecule has 0 fully saturated rings. The Balaban J connectivity index is 2.02. The van der Waals surface area contributed by atoms with Crippen LogP contribution in [0.25, 0.3) is 17.0 Å². The molecule has 2 aromatic heterocycles. The third-order valence-electron chi connectivity index (χ3n) is 3.89. The number of hydrogen-bond acceptors (Lipinski definition) is 3. The van der Waals surface area contributed by atoms with Crippen molar-refractivity contribution in [3.8, 4) is 0 Å². The molecule has 0 aliphatic rings. The van der Waals surface area contributed by atoms with E-state index in [0.717, 1.165) is 16.6 Å². The molecule has 124 valence electrons. The normalized spacial score (nSPS) is 12.3. The van der Waals surface area contributed by atoms with Crippen molar-refractivity contribution in [2.24, 2.45) is 0 Å². The lowest BCUT2D eigenvalue weighted by molar-refractivity contribution is 0.366. The summed E-state index contributed by atoms with van der Waals surface area (Å²) in [7, 11) is 0. The lowest BCUT2D eigenvalue weighted by Gasteiger charge is -2.20. The van der Waals surface area contributed by atoms with E-state index in [1.54, 1.807) is 10.9 Å². The quantitative estimate of drug-likeness (QED) is 0.743. The Morgan fingerprint density at radius 1 is 1.17 bits per heavy atom. The van der Waals surface area contributed by atoms with Crippen LogP contribution in [0.4, 0.5) is 0 Å². The second-order valence-electron chi connectivity index (χ2n) is 6.88. The van der Waals surface area contributed by atoms with Crippen LogP contribution in [-0.4, -0.2) is 19.6 Å². The van der Waals surface area contributed by atoms with Crippen LogP contribution >= 0.6 is 0 Å². The van der Waals surface area contributed by atoms with Gasteiger partial charge in [-0.05, 0) is 33.3 Å². The van der Waals surface area contributed by atoms with Gasteiger partial charge in [-0.2, -0.15) is 10.2 Å². The number of benzene rings is 1. The highest BCUT2D eigenvalue weighted by Crippen LogP contribution is 2.20. The molecule has 5 heteroatoms. The van der Waals surface area contributed by atoms with Gasteiger partial charge in [0.15, 0.2) is 0 Å². The van der Waals surface area contributed by atoms with E-state index in [-0.39, 0.29) is 11.1 Å². The molecule has 3 aromatic rings. The summed E-state index contributed by atoms with van der Waals surface area (Å²) >= 11 is 0. The number of aromatic nitrogens is 4. The van der Waals surface area contributed by atoms with Crippen LogP contribution < -0.4 is 5.56 Å². The molecule has 3 rings (SSSR count). The largest absolute Gasteiger partial charge is 0.293 e. The maximum absolute atomic E-state index is 12.9. The topological polar surface area (TPSA) is 52.7 Å². The molecular formula is C19H22N4O. The highest BCUT2D eigenvalue weighted by atomic mass is 16.1. The Bertz CT molecular complexity index is 943. The first kappa shape index (κ1) is 16.2. The predicted molar refractivity (Wildman–Crippen MR) is 97.0 cm³/mol. The molecule has 5 nitrogen and oxygen atoms in total. The summed E-state index contributed by atoms with van der Waals surface area (Å²) in [6, 6.07) is 10.0. The van der Waals surface area contributed by atoms with Crippen molar-refractivity contribution in [2.75, 3.05) is 0 Å². The van der Waals surface area contributed by atoms with Crippen molar-refractivity contribution in [1.29, 1.82) is 0 Å². The van der Waals surface area contributed by atoms with Gasteiger partial charge in [0.05, 0.1) is 24.0 Å². The van der Waals surface area contributed by atoms with E-state index >= 15 is 0 Å². The van der Waals surface area contributed by atoms with Gasteiger partial charge in [-0.15, -0.1) is 0 Å². The Labute approximate surface area is 141 Å². The summed E-state index contributed by atoms with van der Waals surface area (Å²) < 4.78 is 3.29. The van der Waals surface area contributed by atoms with Crippen molar-refractivity contribution in [1.82, 2.24) is 19.6 Å². The van der Waals surface area contributed by atoms with Gasteiger partial charge < -0.3 is 0 Å². The number of nitrogens with zero attached hydrogens (tertiary/aromatic N) is 4. The fraction of sp³-hybridized carbons (Fsp3) is 0.316. The molecule has 2 heterocycles. The zero-order valence-electron chi connectivity index (χ0n) is 14.5. The van der Waals surface area contributed by atoms with E-state index in [1.807, 2.05) is 70.2 Å². The van der Waals surface area contributed by atoms with Crippen LogP contribution in [0.5, 0.6) is 0 Å². The molecule has 0 aliphatic heterocycles.